The van der Waals surface area contributed by atoms with E-state index in [1.807, 2.05) is 38.1 Å². The van der Waals surface area contributed by atoms with Crippen LogP contribution in [0.15, 0.2) is 24.3 Å². The van der Waals surface area contributed by atoms with E-state index in [0.717, 1.165) is 31.1 Å². The van der Waals surface area contributed by atoms with Crippen molar-refractivity contribution >= 4 is 11.7 Å². The number of benzene rings is 1. The maximum Gasteiger partial charge on any atom is 0.319 e. The van der Waals surface area contributed by atoms with Crippen LogP contribution in [-0.2, 0) is 0 Å². The van der Waals surface area contributed by atoms with E-state index in [1.165, 1.54) is 12.8 Å². The Morgan fingerprint density at radius 2 is 2.09 bits per heavy atom. The van der Waals surface area contributed by atoms with Crippen molar-refractivity contribution in [1.82, 2.24) is 10.2 Å². The third kappa shape index (κ3) is 5.56. The highest BCUT2D eigenvalue weighted by Gasteiger charge is 2.17. The van der Waals surface area contributed by atoms with E-state index in [1.54, 1.807) is 0 Å². The monoisotopic (exact) mass is 305 g/mol. The van der Waals surface area contributed by atoms with Crippen LogP contribution in [0.1, 0.15) is 26.7 Å². The predicted octanol–water partition coefficient (Wildman–Crippen LogP) is 2.94. The number of anilines is 1. The Morgan fingerprint density at radius 1 is 1.36 bits per heavy atom. The first-order valence-electron chi connectivity index (χ1n) is 8.03. The van der Waals surface area contributed by atoms with Crippen LogP contribution in [0.3, 0.4) is 0 Å². The van der Waals surface area contributed by atoms with E-state index < -0.39 is 0 Å². The van der Waals surface area contributed by atoms with Gasteiger partial charge in [0.25, 0.3) is 0 Å². The highest BCUT2D eigenvalue weighted by molar-refractivity contribution is 5.89. The van der Waals surface area contributed by atoms with Gasteiger partial charge in [-0.15, -0.1) is 0 Å². The first-order valence-corrected chi connectivity index (χ1v) is 8.03. The van der Waals surface area contributed by atoms with Crippen molar-refractivity contribution in [1.29, 1.82) is 0 Å². The van der Waals surface area contributed by atoms with Crippen LogP contribution in [0.5, 0.6) is 5.75 Å². The van der Waals surface area contributed by atoms with Gasteiger partial charge in [-0.25, -0.2) is 4.79 Å². The summed E-state index contributed by atoms with van der Waals surface area (Å²) in [5, 5.41) is 5.81. The minimum Gasteiger partial charge on any atom is -0.491 e. The molecule has 0 aromatic heterocycles. The van der Waals surface area contributed by atoms with Gasteiger partial charge in [0, 0.05) is 18.8 Å². The molecular weight excluding hydrogens is 278 g/mol. The van der Waals surface area contributed by atoms with E-state index in [9.17, 15) is 4.79 Å². The van der Waals surface area contributed by atoms with E-state index in [4.69, 9.17) is 4.74 Å². The lowest BCUT2D eigenvalue weighted by Gasteiger charge is -2.29. The van der Waals surface area contributed by atoms with Crippen LogP contribution in [0, 0.1) is 5.92 Å². The van der Waals surface area contributed by atoms with Gasteiger partial charge in [0.15, 0.2) is 0 Å². The summed E-state index contributed by atoms with van der Waals surface area (Å²) in [4.78, 5) is 14.3. The minimum absolute atomic E-state index is 0.147. The van der Waals surface area contributed by atoms with Crippen molar-refractivity contribution in [2.75, 3.05) is 32.0 Å². The number of ether oxygens (including phenoxy) is 1. The summed E-state index contributed by atoms with van der Waals surface area (Å²) in [6.07, 6.45) is 2.55. The maximum absolute atomic E-state index is 11.9. The number of carbonyl (C=O) groups is 1. The number of rotatable bonds is 5. The number of nitrogens with zero attached hydrogens (tertiary/aromatic N) is 1. The molecular formula is C17H27N3O2. The van der Waals surface area contributed by atoms with Crippen molar-refractivity contribution in [3.63, 3.8) is 0 Å². The first-order chi connectivity index (χ1) is 10.5. The van der Waals surface area contributed by atoms with Crippen LogP contribution in [0.25, 0.3) is 0 Å². The quantitative estimate of drug-likeness (QED) is 0.879. The zero-order valence-electron chi connectivity index (χ0n) is 13.8. The molecule has 1 fully saturated rings. The van der Waals surface area contributed by atoms with Crippen LogP contribution < -0.4 is 15.4 Å². The molecule has 0 radical (unpaired) electrons. The number of piperidine rings is 1. The molecule has 22 heavy (non-hydrogen) atoms. The van der Waals surface area contributed by atoms with Gasteiger partial charge in [-0.05, 0) is 70.5 Å². The van der Waals surface area contributed by atoms with E-state index in [0.29, 0.717) is 5.92 Å². The number of nitrogens with one attached hydrogen (secondary N) is 2. The SMILES string of the molecule is CC(C)Oc1ccc(NC(=O)NCC2CCCN(C)C2)cc1. The maximum atomic E-state index is 11.9. The summed E-state index contributed by atoms with van der Waals surface area (Å²) in [7, 11) is 2.13. The molecule has 1 aliphatic rings. The molecule has 0 bridgehead atoms. The molecule has 1 aromatic carbocycles. The molecule has 1 aromatic rings. The fraction of sp³-hybridized carbons (Fsp3) is 0.588. The number of amides is 2. The Hall–Kier alpha value is -1.75. The van der Waals surface area contributed by atoms with Gasteiger partial charge in [-0.1, -0.05) is 0 Å². The van der Waals surface area contributed by atoms with Gasteiger partial charge in [0.05, 0.1) is 6.10 Å². The molecule has 2 N–H and O–H groups in total. The van der Waals surface area contributed by atoms with Crippen LogP contribution >= 0.6 is 0 Å². The third-order valence-electron chi connectivity index (χ3n) is 3.76. The smallest absolute Gasteiger partial charge is 0.319 e. The Morgan fingerprint density at radius 3 is 2.73 bits per heavy atom. The number of urea groups is 1. The molecule has 0 aliphatic carbocycles. The molecule has 5 heteroatoms. The summed E-state index contributed by atoms with van der Waals surface area (Å²) in [6.45, 7) is 6.92. The molecule has 1 heterocycles. The number of hydrogen-bond donors (Lipinski definition) is 2. The highest BCUT2D eigenvalue weighted by Crippen LogP contribution is 2.17. The van der Waals surface area contributed by atoms with Gasteiger partial charge in [-0.3, -0.25) is 0 Å². The standard InChI is InChI=1S/C17H27N3O2/c1-13(2)22-16-8-6-15(7-9-16)19-17(21)18-11-14-5-4-10-20(3)12-14/h6-9,13-14H,4-5,10-12H2,1-3H3,(H2,18,19,21). The summed E-state index contributed by atoms with van der Waals surface area (Å²) < 4.78 is 5.58. The zero-order valence-corrected chi connectivity index (χ0v) is 13.8. The number of carbonyl (C=O) groups excluding carboxylic acids is 1. The molecule has 1 atom stereocenters. The second kappa shape index (κ2) is 8.03. The van der Waals surface area contributed by atoms with Crippen LogP contribution in [-0.4, -0.2) is 43.7 Å². The Kier molecular flexibility index (Phi) is 6.07. The molecule has 1 saturated heterocycles. The first kappa shape index (κ1) is 16.6. The van der Waals surface area contributed by atoms with Gasteiger partial charge >= 0.3 is 6.03 Å². The minimum atomic E-state index is -0.147. The fourth-order valence-corrected chi connectivity index (χ4v) is 2.74. The Balaban J connectivity index is 1.74. The van der Waals surface area contributed by atoms with Gasteiger partial charge in [0.2, 0.25) is 0 Å². The van der Waals surface area contributed by atoms with Crippen molar-refractivity contribution < 1.29 is 9.53 Å². The summed E-state index contributed by atoms with van der Waals surface area (Å²) in [6, 6.07) is 7.29. The second-order valence-electron chi connectivity index (χ2n) is 6.30. The lowest BCUT2D eigenvalue weighted by molar-refractivity contribution is 0.204. The lowest BCUT2D eigenvalue weighted by atomic mass is 9.99. The largest absolute Gasteiger partial charge is 0.491 e. The van der Waals surface area contributed by atoms with Crippen LogP contribution in [0.4, 0.5) is 10.5 Å². The number of hydrogen-bond acceptors (Lipinski definition) is 3. The molecule has 0 saturated carbocycles. The lowest BCUT2D eigenvalue weighted by Crippen LogP contribution is -2.40. The molecule has 122 valence electrons. The Labute approximate surface area is 133 Å². The number of likely N-dealkylation sites (tertiary alicyclic amines) is 1. The van der Waals surface area contributed by atoms with Crippen molar-refractivity contribution in [3.05, 3.63) is 24.3 Å². The van der Waals surface area contributed by atoms with Gasteiger partial charge in [-0.2, -0.15) is 0 Å². The summed E-state index contributed by atoms with van der Waals surface area (Å²) in [5.74, 6) is 1.36. The zero-order chi connectivity index (χ0) is 15.9. The fourth-order valence-electron chi connectivity index (χ4n) is 2.74. The molecule has 2 rings (SSSR count). The predicted molar refractivity (Wildman–Crippen MR) is 89.4 cm³/mol. The molecule has 1 aliphatic heterocycles. The normalized spacial score (nSPS) is 19.0. The molecule has 5 nitrogen and oxygen atoms in total. The van der Waals surface area contributed by atoms with Crippen molar-refractivity contribution in [3.8, 4) is 5.75 Å². The molecule has 2 amide bonds. The van der Waals surface area contributed by atoms with Gasteiger partial charge in [0.1, 0.15) is 5.75 Å². The molecule has 1 unspecified atom stereocenters. The molecule has 0 spiro atoms. The average molecular weight is 305 g/mol. The second-order valence-corrected chi connectivity index (χ2v) is 6.30. The topological polar surface area (TPSA) is 53.6 Å². The van der Waals surface area contributed by atoms with E-state index >= 15 is 0 Å². The van der Waals surface area contributed by atoms with Crippen molar-refractivity contribution in [2.45, 2.75) is 32.8 Å². The Bertz CT molecular complexity index is 473. The average Bonchev–Trinajstić information content (AvgIpc) is 2.47. The summed E-state index contributed by atoms with van der Waals surface area (Å²) >= 11 is 0. The van der Waals surface area contributed by atoms with Gasteiger partial charge < -0.3 is 20.3 Å². The van der Waals surface area contributed by atoms with E-state index in [-0.39, 0.29) is 12.1 Å². The van der Waals surface area contributed by atoms with Crippen molar-refractivity contribution in [2.24, 2.45) is 5.92 Å². The van der Waals surface area contributed by atoms with E-state index in [2.05, 4.69) is 22.6 Å². The summed E-state index contributed by atoms with van der Waals surface area (Å²) in [5.41, 5.74) is 0.773. The van der Waals surface area contributed by atoms with Crippen LogP contribution in [0.2, 0.25) is 0 Å². The highest BCUT2D eigenvalue weighted by atomic mass is 16.5. The third-order valence-corrected chi connectivity index (χ3v) is 3.76.